The highest BCUT2D eigenvalue weighted by molar-refractivity contribution is 5.97. The number of aromatic nitrogens is 4. The summed E-state index contributed by atoms with van der Waals surface area (Å²) in [6.07, 6.45) is 4.84. The SMILES string of the molecule is C=CC(=O)N1CCCC(n2nc(Nc3ccc(CC(=O)N(C)C)cc3C)c3c(N)ncnc32)C1. The van der Waals surface area contributed by atoms with Gasteiger partial charge in [0.05, 0.1) is 12.5 Å². The molecule has 0 radical (unpaired) electrons. The number of nitrogen functional groups attached to an aromatic ring is 1. The molecule has 0 spiro atoms. The summed E-state index contributed by atoms with van der Waals surface area (Å²) in [4.78, 5) is 36.2. The van der Waals surface area contributed by atoms with E-state index in [-0.39, 0.29) is 17.9 Å². The average Bonchev–Trinajstić information content (AvgIpc) is 3.20. The van der Waals surface area contributed by atoms with Crippen LogP contribution in [0, 0.1) is 6.92 Å². The fourth-order valence-electron chi connectivity index (χ4n) is 4.26. The Hall–Kier alpha value is -3.95. The molecule has 4 rings (SSSR count). The number of hydrogen-bond donors (Lipinski definition) is 2. The van der Waals surface area contributed by atoms with Crippen molar-refractivity contribution in [3.63, 3.8) is 0 Å². The Morgan fingerprint density at radius 2 is 2.12 bits per heavy atom. The number of nitrogens with one attached hydrogen (secondary N) is 1. The number of rotatable bonds is 6. The van der Waals surface area contributed by atoms with Gasteiger partial charge >= 0.3 is 0 Å². The molecule has 1 aliphatic heterocycles. The van der Waals surface area contributed by atoms with Crippen LogP contribution >= 0.6 is 0 Å². The van der Waals surface area contributed by atoms with E-state index in [1.165, 1.54) is 12.4 Å². The highest BCUT2D eigenvalue weighted by Gasteiger charge is 2.27. The predicted octanol–water partition coefficient (Wildman–Crippen LogP) is 2.44. The van der Waals surface area contributed by atoms with Crippen LogP contribution in [0.5, 0.6) is 0 Å². The summed E-state index contributed by atoms with van der Waals surface area (Å²) in [7, 11) is 3.50. The van der Waals surface area contributed by atoms with Crippen molar-refractivity contribution in [2.45, 2.75) is 32.2 Å². The van der Waals surface area contributed by atoms with Crippen molar-refractivity contribution in [3.8, 4) is 0 Å². The monoisotopic (exact) mass is 462 g/mol. The van der Waals surface area contributed by atoms with Crippen molar-refractivity contribution in [2.75, 3.05) is 38.2 Å². The number of likely N-dealkylation sites (tertiary alicyclic amines) is 1. The maximum Gasteiger partial charge on any atom is 0.246 e. The van der Waals surface area contributed by atoms with Crippen LogP contribution in [0.1, 0.15) is 30.0 Å². The minimum absolute atomic E-state index is 0.0366. The molecule has 3 N–H and O–H groups in total. The van der Waals surface area contributed by atoms with Crippen LogP contribution < -0.4 is 11.1 Å². The highest BCUT2D eigenvalue weighted by Crippen LogP contribution is 2.33. The number of aryl methyl sites for hydroxylation is 1. The minimum atomic E-state index is -0.0860. The maximum absolute atomic E-state index is 12.2. The third kappa shape index (κ3) is 4.57. The first-order valence-corrected chi connectivity index (χ1v) is 11.2. The lowest BCUT2D eigenvalue weighted by Gasteiger charge is -2.32. The molecule has 0 bridgehead atoms. The Morgan fingerprint density at radius 3 is 2.82 bits per heavy atom. The van der Waals surface area contributed by atoms with E-state index in [0.717, 1.165) is 29.7 Å². The zero-order valence-electron chi connectivity index (χ0n) is 19.8. The lowest BCUT2D eigenvalue weighted by atomic mass is 10.1. The Morgan fingerprint density at radius 1 is 1.32 bits per heavy atom. The highest BCUT2D eigenvalue weighted by atomic mass is 16.2. The first kappa shape index (κ1) is 23.2. The van der Waals surface area contributed by atoms with Gasteiger partial charge in [0.2, 0.25) is 11.8 Å². The van der Waals surface area contributed by atoms with Gasteiger partial charge in [-0.15, -0.1) is 0 Å². The fraction of sp³-hybridized carbons (Fsp3) is 0.375. The van der Waals surface area contributed by atoms with Crippen LogP contribution in [0.15, 0.2) is 37.2 Å². The first-order chi connectivity index (χ1) is 16.3. The van der Waals surface area contributed by atoms with Crippen LogP contribution in [0.2, 0.25) is 0 Å². The molecule has 3 aromatic rings. The molecular formula is C24H30N8O2. The summed E-state index contributed by atoms with van der Waals surface area (Å²) in [6, 6.07) is 5.81. The second-order valence-corrected chi connectivity index (χ2v) is 8.77. The van der Waals surface area contributed by atoms with Crippen LogP contribution in [0.25, 0.3) is 11.0 Å². The van der Waals surface area contributed by atoms with E-state index >= 15 is 0 Å². The molecule has 10 heteroatoms. The van der Waals surface area contributed by atoms with Gasteiger partial charge in [-0.3, -0.25) is 9.59 Å². The van der Waals surface area contributed by atoms with E-state index in [9.17, 15) is 9.59 Å². The second kappa shape index (κ2) is 9.50. The van der Waals surface area contributed by atoms with Gasteiger partial charge < -0.3 is 20.9 Å². The molecule has 2 aromatic heterocycles. The molecule has 178 valence electrons. The van der Waals surface area contributed by atoms with Crippen LogP contribution in [0.3, 0.4) is 0 Å². The summed E-state index contributed by atoms with van der Waals surface area (Å²) in [6.45, 7) is 6.81. The number of piperidine rings is 1. The normalized spacial score (nSPS) is 15.9. The molecule has 1 saturated heterocycles. The van der Waals surface area contributed by atoms with Gasteiger partial charge in [-0.05, 0) is 43.0 Å². The summed E-state index contributed by atoms with van der Waals surface area (Å²) < 4.78 is 1.84. The maximum atomic E-state index is 12.2. The van der Waals surface area contributed by atoms with Crippen molar-refractivity contribution in [1.29, 1.82) is 0 Å². The van der Waals surface area contributed by atoms with Gasteiger partial charge in [0.25, 0.3) is 0 Å². The fourth-order valence-corrected chi connectivity index (χ4v) is 4.26. The van der Waals surface area contributed by atoms with Crippen LogP contribution in [-0.4, -0.2) is 68.5 Å². The van der Waals surface area contributed by atoms with Crippen molar-refractivity contribution < 1.29 is 9.59 Å². The van der Waals surface area contributed by atoms with Crippen LogP contribution in [0.4, 0.5) is 17.3 Å². The molecule has 1 atom stereocenters. The minimum Gasteiger partial charge on any atom is -0.383 e. The molecule has 0 saturated carbocycles. The number of fused-ring (bicyclic) bond motifs is 1. The first-order valence-electron chi connectivity index (χ1n) is 11.2. The predicted molar refractivity (Wildman–Crippen MR) is 132 cm³/mol. The average molecular weight is 463 g/mol. The van der Waals surface area contributed by atoms with Crippen molar-refractivity contribution in [1.82, 2.24) is 29.5 Å². The lowest BCUT2D eigenvalue weighted by Crippen LogP contribution is -2.40. The van der Waals surface area contributed by atoms with E-state index in [2.05, 4.69) is 21.9 Å². The summed E-state index contributed by atoms with van der Waals surface area (Å²) in [5.74, 6) is 0.850. The largest absolute Gasteiger partial charge is 0.383 e. The molecule has 34 heavy (non-hydrogen) atoms. The van der Waals surface area contributed by atoms with Gasteiger partial charge in [0.1, 0.15) is 17.5 Å². The number of anilines is 3. The number of nitrogens with zero attached hydrogens (tertiary/aromatic N) is 6. The van der Waals surface area contributed by atoms with E-state index in [0.29, 0.717) is 42.2 Å². The van der Waals surface area contributed by atoms with Crippen molar-refractivity contribution in [3.05, 3.63) is 48.3 Å². The van der Waals surface area contributed by atoms with E-state index in [1.807, 2.05) is 29.8 Å². The third-order valence-electron chi connectivity index (χ3n) is 6.14. The summed E-state index contributed by atoms with van der Waals surface area (Å²) >= 11 is 0. The molecular weight excluding hydrogens is 432 g/mol. The number of carbonyl (C=O) groups is 2. The topological polar surface area (TPSA) is 122 Å². The van der Waals surface area contributed by atoms with Crippen molar-refractivity contribution in [2.24, 2.45) is 0 Å². The Kier molecular flexibility index (Phi) is 6.49. The van der Waals surface area contributed by atoms with Gasteiger partial charge in [0.15, 0.2) is 11.5 Å². The van der Waals surface area contributed by atoms with Crippen molar-refractivity contribution >= 4 is 40.2 Å². The quantitative estimate of drug-likeness (QED) is 0.540. The number of carbonyl (C=O) groups excluding carboxylic acids is 2. The Labute approximate surface area is 198 Å². The Balaban J connectivity index is 1.66. The number of hydrogen-bond acceptors (Lipinski definition) is 7. The van der Waals surface area contributed by atoms with E-state index in [1.54, 1.807) is 23.9 Å². The van der Waals surface area contributed by atoms with Crippen LogP contribution in [-0.2, 0) is 16.0 Å². The molecule has 1 aromatic carbocycles. The summed E-state index contributed by atoms with van der Waals surface area (Å²) in [5, 5.41) is 8.84. The smallest absolute Gasteiger partial charge is 0.246 e. The van der Waals surface area contributed by atoms with Gasteiger partial charge in [-0.1, -0.05) is 18.7 Å². The van der Waals surface area contributed by atoms with Gasteiger partial charge in [-0.2, -0.15) is 5.10 Å². The lowest BCUT2D eigenvalue weighted by molar-refractivity contribution is -0.128. The van der Waals surface area contributed by atoms with Gasteiger partial charge in [0, 0.05) is 32.9 Å². The molecule has 1 fully saturated rings. The van der Waals surface area contributed by atoms with E-state index < -0.39 is 0 Å². The number of nitrogens with two attached hydrogens (primary N) is 1. The molecule has 2 amide bonds. The van der Waals surface area contributed by atoms with E-state index in [4.69, 9.17) is 10.8 Å². The molecule has 10 nitrogen and oxygen atoms in total. The molecule has 1 unspecified atom stereocenters. The second-order valence-electron chi connectivity index (χ2n) is 8.77. The summed E-state index contributed by atoms with van der Waals surface area (Å²) in [5.41, 5.74) is 9.62. The number of likely N-dealkylation sites (N-methyl/N-ethyl adjacent to an activating group) is 1. The van der Waals surface area contributed by atoms with Gasteiger partial charge in [-0.25, -0.2) is 14.6 Å². The molecule has 1 aliphatic rings. The molecule has 0 aliphatic carbocycles. The third-order valence-corrected chi connectivity index (χ3v) is 6.14. The zero-order chi connectivity index (χ0) is 24.4. The Bertz CT molecular complexity index is 1250. The number of benzene rings is 1. The zero-order valence-corrected chi connectivity index (χ0v) is 19.8. The molecule has 3 heterocycles. The number of amides is 2. The standard InChI is InChI=1S/C24H30N8O2/c1-5-19(33)31-10-6-7-17(13-31)32-24-21(22(25)26-14-27-24)23(29-32)28-18-9-8-16(11-15(18)2)12-20(34)30(3)4/h5,8-9,11,14,17H,1,6-7,10,12-13H2,2-4H3,(H,28,29)(H2,25,26,27).